The highest BCUT2D eigenvalue weighted by Gasteiger charge is 2.09. The number of oxazole rings is 1. The molecule has 98 valence electrons. The SMILES string of the molecule is CC(CCCO)Nc1cc2[nH]c(=O)oc2cc1N. The summed E-state index contributed by atoms with van der Waals surface area (Å²) in [7, 11) is 0. The van der Waals surface area contributed by atoms with Crippen molar-refractivity contribution in [2.24, 2.45) is 0 Å². The van der Waals surface area contributed by atoms with E-state index in [2.05, 4.69) is 10.3 Å². The molecule has 0 radical (unpaired) electrons. The van der Waals surface area contributed by atoms with E-state index in [0.29, 0.717) is 16.8 Å². The Kier molecular flexibility index (Phi) is 3.57. The maximum Gasteiger partial charge on any atom is 0.417 e. The lowest BCUT2D eigenvalue weighted by molar-refractivity contribution is 0.282. The average molecular weight is 251 g/mol. The van der Waals surface area contributed by atoms with Gasteiger partial charge in [-0.1, -0.05) is 0 Å². The Morgan fingerprint density at radius 3 is 3.06 bits per heavy atom. The van der Waals surface area contributed by atoms with Crippen LogP contribution in [0.2, 0.25) is 0 Å². The topological polar surface area (TPSA) is 104 Å². The second kappa shape index (κ2) is 5.14. The quantitative estimate of drug-likeness (QED) is 0.599. The number of fused-ring (bicyclic) bond motifs is 1. The van der Waals surface area contributed by atoms with E-state index in [1.807, 2.05) is 6.92 Å². The zero-order valence-electron chi connectivity index (χ0n) is 10.2. The molecule has 0 amide bonds. The molecule has 0 fully saturated rings. The molecule has 1 aromatic heterocycles. The van der Waals surface area contributed by atoms with Gasteiger partial charge in [0.2, 0.25) is 0 Å². The summed E-state index contributed by atoms with van der Waals surface area (Å²) in [6, 6.07) is 3.56. The minimum absolute atomic E-state index is 0.176. The molecule has 0 spiro atoms. The maximum absolute atomic E-state index is 11.1. The van der Waals surface area contributed by atoms with Gasteiger partial charge in [0.25, 0.3) is 0 Å². The van der Waals surface area contributed by atoms with Crippen molar-refractivity contribution in [3.63, 3.8) is 0 Å². The maximum atomic E-state index is 11.1. The zero-order chi connectivity index (χ0) is 13.1. The van der Waals surface area contributed by atoms with Crippen LogP contribution in [0.25, 0.3) is 11.1 Å². The van der Waals surface area contributed by atoms with Gasteiger partial charge in [0.1, 0.15) is 0 Å². The third-order valence-corrected chi connectivity index (χ3v) is 2.79. The summed E-state index contributed by atoms with van der Waals surface area (Å²) in [5.74, 6) is -0.491. The third-order valence-electron chi connectivity index (χ3n) is 2.79. The van der Waals surface area contributed by atoms with Gasteiger partial charge in [-0.05, 0) is 25.8 Å². The average Bonchev–Trinajstić information content (AvgIpc) is 2.66. The van der Waals surface area contributed by atoms with Crippen molar-refractivity contribution in [2.75, 3.05) is 17.7 Å². The second-order valence-electron chi connectivity index (χ2n) is 4.36. The molecule has 18 heavy (non-hydrogen) atoms. The first-order chi connectivity index (χ1) is 8.60. The molecule has 0 aliphatic heterocycles. The summed E-state index contributed by atoms with van der Waals surface area (Å²) in [6.45, 7) is 2.19. The molecule has 1 unspecified atom stereocenters. The summed E-state index contributed by atoms with van der Waals surface area (Å²) in [4.78, 5) is 13.6. The lowest BCUT2D eigenvalue weighted by Gasteiger charge is -2.16. The molecule has 2 rings (SSSR count). The summed E-state index contributed by atoms with van der Waals surface area (Å²) < 4.78 is 4.92. The van der Waals surface area contributed by atoms with Crippen LogP contribution in [-0.2, 0) is 0 Å². The lowest BCUT2D eigenvalue weighted by atomic mass is 10.1. The van der Waals surface area contributed by atoms with Gasteiger partial charge in [-0.2, -0.15) is 0 Å². The van der Waals surface area contributed by atoms with Crippen LogP contribution in [0, 0.1) is 0 Å². The first-order valence-corrected chi connectivity index (χ1v) is 5.90. The molecule has 6 nitrogen and oxygen atoms in total. The van der Waals surface area contributed by atoms with Gasteiger partial charge in [0.15, 0.2) is 5.58 Å². The Morgan fingerprint density at radius 1 is 1.56 bits per heavy atom. The monoisotopic (exact) mass is 251 g/mol. The molecule has 1 heterocycles. The van der Waals surface area contributed by atoms with Crippen molar-refractivity contribution >= 4 is 22.5 Å². The van der Waals surface area contributed by atoms with Gasteiger partial charge >= 0.3 is 5.76 Å². The van der Waals surface area contributed by atoms with Crippen LogP contribution in [-0.4, -0.2) is 22.7 Å². The van der Waals surface area contributed by atoms with E-state index in [9.17, 15) is 4.79 Å². The molecule has 0 bridgehead atoms. The van der Waals surface area contributed by atoms with Crippen LogP contribution in [0.5, 0.6) is 0 Å². The predicted molar refractivity (Wildman–Crippen MR) is 70.7 cm³/mol. The van der Waals surface area contributed by atoms with Crippen molar-refractivity contribution in [1.29, 1.82) is 0 Å². The summed E-state index contributed by atoms with van der Waals surface area (Å²) in [5, 5.41) is 12.0. The van der Waals surface area contributed by atoms with Gasteiger partial charge in [-0.15, -0.1) is 0 Å². The molecule has 1 atom stereocenters. The van der Waals surface area contributed by atoms with E-state index < -0.39 is 5.76 Å². The minimum atomic E-state index is -0.491. The number of hydrogen-bond acceptors (Lipinski definition) is 5. The van der Waals surface area contributed by atoms with E-state index in [-0.39, 0.29) is 12.6 Å². The lowest BCUT2D eigenvalue weighted by Crippen LogP contribution is -2.16. The van der Waals surface area contributed by atoms with Crippen LogP contribution < -0.4 is 16.8 Å². The van der Waals surface area contributed by atoms with Crippen LogP contribution >= 0.6 is 0 Å². The second-order valence-corrected chi connectivity index (χ2v) is 4.36. The first kappa shape index (κ1) is 12.5. The van der Waals surface area contributed by atoms with Crippen molar-refractivity contribution in [3.05, 3.63) is 22.7 Å². The highest BCUT2D eigenvalue weighted by Crippen LogP contribution is 2.25. The summed E-state index contributed by atoms with van der Waals surface area (Å²) in [5.41, 5.74) is 8.24. The summed E-state index contributed by atoms with van der Waals surface area (Å²) in [6.07, 6.45) is 1.58. The van der Waals surface area contributed by atoms with Gasteiger partial charge in [-0.3, -0.25) is 4.98 Å². The molecular formula is C12H17N3O3. The Bertz CT molecular complexity index is 588. The fraction of sp³-hybridized carbons (Fsp3) is 0.417. The van der Waals surface area contributed by atoms with Crippen LogP contribution in [0.1, 0.15) is 19.8 Å². The van der Waals surface area contributed by atoms with Crippen LogP contribution in [0.4, 0.5) is 11.4 Å². The number of aromatic nitrogens is 1. The Hall–Kier alpha value is -1.95. The Labute approximate surface area is 104 Å². The van der Waals surface area contributed by atoms with Crippen molar-refractivity contribution < 1.29 is 9.52 Å². The number of nitrogen functional groups attached to an aromatic ring is 1. The van der Waals surface area contributed by atoms with E-state index in [0.717, 1.165) is 18.5 Å². The number of H-pyrrole nitrogens is 1. The number of nitrogens with two attached hydrogens (primary N) is 1. The molecule has 0 aliphatic carbocycles. The largest absolute Gasteiger partial charge is 0.417 e. The molecule has 0 saturated carbocycles. The van der Waals surface area contributed by atoms with Crippen molar-refractivity contribution in [3.8, 4) is 0 Å². The number of hydrogen-bond donors (Lipinski definition) is 4. The van der Waals surface area contributed by atoms with Gasteiger partial charge in [0.05, 0.1) is 16.9 Å². The fourth-order valence-electron chi connectivity index (χ4n) is 1.87. The van der Waals surface area contributed by atoms with Crippen LogP contribution in [0.3, 0.4) is 0 Å². The van der Waals surface area contributed by atoms with Crippen molar-refractivity contribution in [1.82, 2.24) is 4.98 Å². The van der Waals surface area contributed by atoms with Crippen LogP contribution in [0.15, 0.2) is 21.3 Å². The molecule has 2 aromatic rings. The predicted octanol–water partition coefficient (Wildman–Crippen LogP) is 1.28. The number of rotatable bonds is 5. The Balaban J connectivity index is 2.21. The fourth-order valence-corrected chi connectivity index (χ4v) is 1.87. The standard InChI is InChI=1S/C12H17N3O3/c1-7(3-2-4-16)14-9-6-10-11(5-8(9)13)18-12(17)15-10/h5-7,14,16H,2-4,13H2,1H3,(H,15,17). The van der Waals surface area contributed by atoms with Gasteiger partial charge in [0, 0.05) is 18.7 Å². The Morgan fingerprint density at radius 2 is 2.33 bits per heavy atom. The van der Waals surface area contributed by atoms with E-state index in [1.165, 1.54) is 0 Å². The number of aliphatic hydroxyl groups is 1. The highest BCUT2D eigenvalue weighted by atomic mass is 16.4. The van der Waals surface area contributed by atoms with E-state index in [4.69, 9.17) is 15.3 Å². The smallest absolute Gasteiger partial charge is 0.408 e. The number of aromatic amines is 1. The number of anilines is 2. The number of benzene rings is 1. The number of nitrogens with one attached hydrogen (secondary N) is 2. The first-order valence-electron chi connectivity index (χ1n) is 5.90. The van der Waals surface area contributed by atoms with Gasteiger partial charge < -0.3 is 20.6 Å². The molecule has 0 saturated heterocycles. The van der Waals surface area contributed by atoms with Crippen molar-refractivity contribution in [2.45, 2.75) is 25.8 Å². The molecule has 0 aliphatic rings. The summed E-state index contributed by atoms with van der Waals surface area (Å²) >= 11 is 0. The highest BCUT2D eigenvalue weighted by molar-refractivity contribution is 5.85. The van der Waals surface area contributed by atoms with Gasteiger partial charge in [-0.25, -0.2) is 4.79 Å². The molecule has 5 N–H and O–H groups in total. The normalized spacial score (nSPS) is 12.8. The minimum Gasteiger partial charge on any atom is -0.408 e. The number of aliphatic hydroxyl groups excluding tert-OH is 1. The third kappa shape index (κ3) is 2.65. The van der Waals surface area contributed by atoms with E-state index >= 15 is 0 Å². The molecule has 6 heteroatoms. The van der Waals surface area contributed by atoms with E-state index in [1.54, 1.807) is 12.1 Å². The molecule has 1 aromatic carbocycles. The zero-order valence-corrected chi connectivity index (χ0v) is 10.2. The molecular weight excluding hydrogens is 234 g/mol.